The molecule has 1 aliphatic rings. The van der Waals surface area contributed by atoms with Crippen molar-refractivity contribution in [3.63, 3.8) is 0 Å². The number of alkyl halides is 3. The normalized spacial score (nSPS) is 15.6. The average Bonchev–Trinajstić information content (AvgIpc) is 2.84. The first kappa shape index (κ1) is 24.1. The van der Waals surface area contributed by atoms with E-state index < -0.39 is 11.7 Å². The fourth-order valence-corrected chi connectivity index (χ4v) is 4.47. The first-order valence-corrected chi connectivity index (χ1v) is 11.2. The summed E-state index contributed by atoms with van der Waals surface area (Å²) in [5, 5.41) is 12.4. The molecule has 7 heteroatoms. The highest BCUT2D eigenvalue weighted by Crippen LogP contribution is 2.36. The van der Waals surface area contributed by atoms with Crippen LogP contribution in [0, 0.1) is 11.3 Å². The van der Waals surface area contributed by atoms with E-state index in [0.717, 1.165) is 43.6 Å². The van der Waals surface area contributed by atoms with Gasteiger partial charge in [0.05, 0.1) is 30.4 Å². The Morgan fingerprint density at radius 3 is 2.24 bits per heavy atom. The maximum Gasteiger partial charge on any atom is 0.416 e. The highest BCUT2D eigenvalue weighted by molar-refractivity contribution is 6.32. The molecule has 0 aromatic heterocycles. The molecule has 0 spiro atoms. The first-order chi connectivity index (χ1) is 16.3. The standard InChI is InChI=1S/C27H24BF3N2O/c28-25-7-5-23(6-8-25)26(9-11-33-12-10-26)18-34-17-20-13-22(15-24(14-20)27(29,30)31)21-3-1-19(16-32)2-4-21/h1-8,13-15,33H,9-12,17-18H2. The molecule has 4 rings (SSSR count). The van der Waals surface area contributed by atoms with Gasteiger partial charge >= 0.3 is 6.18 Å². The van der Waals surface area contributed by atoms with Gasteiger partial charge in [0.15, 0.2) is 0 Å². The van der Waals surface area contributed by atoms with E-state index in [1.54, 1.807) is 30.3 Å². The third-order valence-electron chi connectivity index (χ3n) is 6.40. The predicted molar refractivity (Wildman–Crippen MR) is 127 cm³/mol. The number of halogens is 3. The Morgan fingerprint density at radius 1 is 0.941 bits per heavy atom. The molecule has 1 N–H and O–H groups in total. The van der Waals surface area contributed by atoms with Crippen LogP contribution >= 0.6 is 0 Å². The minimum atomic E-state index is -4.47. The predicted octanol–water partition coefficient (Wildman–Crippen LogP) is 4.88. The van der Waals surface area contributed by atoms with E-state index in [4.69, 9.17) is 17.8 Å². The molecule has 2 radical (unpaired) electrons. The molecule has 172 valence electrons. The number of nitrogens with one attached hydrogen (secondary N) is 1. The van der Waals surface area contributed by atoms with Crippen molar-refractivity contribution in [1.82, 2.24) is 5.32 Å². The topological polar surface area (TPSA) is 45.0 Å². The maximum absolute atomic E-state index is 13.6. The number of rotatable bonds is 6. The van der Waals surface area contributed by atoms with E-state index in [1.165, 1.54) is 0 Å². The Kier molecular flexibility index (Phi) is 7.11. The van der Waals surface area contributed by atoms with Gasteiger partial charge in [-0.15, -0.1) is 0 Å². The highest BCUT2D eigenvalue weighted by atomic mass is 19.4. The molecule has 0 unspecified atom stereocenters. The van der Waals surface area contributed by atoms with Gasteiger partial charge in [0, 0.05) is 5.41 Å². The molecule has 3 aromatic rings. The molecule has 1 heterocycles. The Bertz CT molecular complexity index is 1160. The highest BCUT2D eigenvalue weighted by Gasteiger charge is 2.34. The zero-order chi connectivity index (χ0) is 24.2. The van der Waals surface area contributed by atoms with Crippen LogP contribution in [0.3, 0.4) is 0 Å². The molecule has 0 aliphatic carbocycles. The van der Waals surface area contributed by atoms with Gasteiger partial charge in [-0.2, -0.15) is 18.4 Å². The third kappa shape index (κ3) is 5.52. The van der Waals surface area contributed by atoms with Gasteiger partial charge in [-0.3, -0.25) is 0 Å². The number of benzene rings is 3. The van der Waals surface area contributed by atoms with Crippen molar-refractivity contribution in [3.05, 3.63) is 89.0 Å². The number of nitrogens with zero attached hydrogens (tertiary/aromatic N) is 1. The van der Waals surface area contributed by atoms with Gasteiger partial charge < -0.3 is 10.1 Å². The monoisotopic (exact) mass is 460 g/mol. The molecule has 1 fully saturated rings. The molecule has 1 aliphatic heterocycles. The average molecular weight is 460 g/mol. The summed E-state index contributed by atoms with van der Waals surface area (Å²) in [6.45, 7) is 2.17. The number of piperidine rings is 1. The van der Waals surface area contributed by atoms with Crippen molar-refractivity contribution in [3.8, 4) is 17.2 Å². The second-order valence-corrected chi connectivity index (χ2v) is 8.75. The zero-order valence-electron chi connectivity index (χ0n) is 18.7. The van der Waals surface area contributed by atoms with Crippen LogP contribution in [0.15, 0.2) is 66.7 Å². The van der Waals surface area contributed by atoms with Crippen LogP contribution in [-0.2, 0) is 22.9 Å². The van der Waals surface area contributed by atoms with Crippen molar-refractivity contribution in [2.24, 2.45) is 0 Å². The van der Waals surface area contributed by atoms with Crippen molar-refractivity contribution < 1.29 is 17.9 Å². The lowest BCUT2D eigenvalue weighted by molar-refractivity contribution is -0.137. The van der Waals surface area contributed by atoms with Crippen molar-refractivity contribution in [2.75, 3.05) is 19.7 Å². The summed E-state index contributed by atoms with van der Waals surface area (Å²) in [7, 11) is 5.85. The minimum absolute atomic E-state index is 0.0668. The summed E-state index contributed by atoms with van der Waals surface area (Å²) in [4.78, 5) is 0. The Hall–Kier alpha value is -3.08. The van der Waals surface area contributed by atoms with Crippen LogP contribution in [0.4, 0.5) is 13.2 Å². The zero-order valence-corrected chi connectivity index (χ0v) is 18.7. The van der Waals surface area contributed by atoms with Gasteiger partial charge in [-0.25, -0.2) is 0 Å². The summed E-state index contributed by atoms with van der Waals surface area (Å²) >= 11 is 0. The van der Waals surface area contributed by atoms with Crippen LogP contribution in [0.25, 0.3) is 11.1 Å². The first-order valence-electron chi connectivity index (χ1n) is 11.2. The second kappa shape index (κ2) is 10.0. The molecule has 0 saturated carbocycles. The Morgan fingerprint density at radius 2 is 1.62 bits per heavy atom. The fourth-order valence-electron chi connectivity index (χ4n) is 4.47. The van der Waals surface area contributed by atoms with Gasteiger partial charge in [0.2, 0.25) is 0 Å². The molecule has 0 bridgehead atoms. The van der Waals surface area contributed by atoms with Crippen LogP contribution in [0.5, 0.6) is 0 Å². The SMILES string of the molecule is [B]c1ccc(C2(COCc3cc(-c4ccc(C#N)cc4)cc(C(F)(F)F)c3)CCNCC2)cc1. The Balaban J connectivity index is 1.57. The van der Waals surface area contributed by atoms with Gasteiger partial charge in [-0.1, -0.05) is 41.9 Å². The number of hydrogen-bond acceptors (Lipinski definition) is 3. The third-order valence-corrected chi connectivity index (χ3v) is 6.40. The van der Waals surface area contributed by atoms with Crippen molar-refractivity contribution >= 4 is 13.3 Å². The number of nitriles is 1. The number of ether oxygens (including phenoxy) is 1. The van der Waals surface area contributed by atoms with Crippen LogP contribution in [0.2, 0.25) is 0 Å². The Labute approximate surface area is 199 Å². The van der Waals surface area contributed by atoms with E-state index in [0.29, 0.717) is 34.3 Å². The maximum atomic E-state index is 13.6. The molecule has 1 saturated heterocycles. The smallest absolute Gasteiger partial charge is 0.376 e. The van der Waals surface area contributed by atoms with Gasteiger partial charge in [0.1, 0.15) is 7.85 Å². The number of hydrogen-bond donors (Lipinski definition) is 1. The quantitative estimate of drug-likeness (QED) is 0.534. The van der Waals surface area contributed by atoms with Crippen molar-refractivity contribution in [1.29, 1.82) is 5.26 Å². The summed E-state index contributed by atoms with van der Waals surface area (Å²) in [5.74, 6) is 0. The molecule has 0 amide bonds. The van der Waals surface area contributed by atoms with Crippen molar-refractivity contribution in [2.45, 2.75) is 31.0 Å². The molecule has 0 atom stereocenters. The van der Waals surface area contributed by atoms with E-state index in [-0.39, 0.29) is 12.0 Å². The molecule has 34 heavy (non-hydrogen) atoms. The van der Waals surface area contributed by atoms with E-state index >= 15 is 0 Å². The molecule has 3 nitrogen and oxygen atoms in total. The summed E-state index contributed by atoms with van der Waals surface area (Å²) < 4.78 is 46.9. The summed E-state index contributed by atoms with van der Waals surface area (Å²) in [5.41, 5.74) is 2.85. The lowest BCUT2D eigenvalue weighted by Gasteiger charge is -2.38. The van der Waals surface area contributed by atoms with E-state index in [2.05, 4.69) is 5.32 Å². The lowest BCUT2D eigenvalue weighted by Crippen LogP contribution is -2.43. The second-order valence-electron chi connectivity index (χ2n) is 8.75. The molecule has 3 aromatic carbocycles. The lowest BCUT2D eigenvalue weighted by atomic mass is 9.73. The van der Waals surface area contributed by atoms with Gasteiger partial charge in [0.25, 0.3) is 0 Å². The van der Waals surface area contributed by atoms with E-state index in [9.17, 15) is 13.2 Å². The minimum Gasteiger partial charge on any atom is -0.376 e. The largest absolute Gasteiger partial charge is 0.416 e. The summed E-state index contributed by atoms with van der Waals surface area (Å²) in [6, 6.07) is 20.3. The molecular weight excluding hydrogens is 436 g/mol. The molecular formula is C27H24BF3N2O. The summed E-state index contributed by atoms with van der Waals surface area (Å²) in [6.07, 6.45) is -2.73. The van der Waals surface area contributed by atoms with E-state index in [1.807, 2.05) is 30.3 Å². The van der Waals surface area contributed by atoms with Crippen LogP contribution < -0.4 is 10.8 Å². The van der Waals surface area contributed by atoms with Crippen LogP contribution in [0.1, 0.15) is 35.1 Å². The van der Waals surface area contributed by atoms with Crippen LogP contribution in [-0.4, -0.2) is 27.5 Å². The fraction of sp³-hybridized carbons (Fsp3) is 0.296. The van der Waals surface area contributed by atoms with Gasteiger partial charge in [-0.05, 0) is 78.5 Å².